The molecule has 0 saturated carbocycles. The first-order chi connectivity index (χ1) is 6.41. The Morgan fingerprint density at radius 2 is 1.38 bits per heavy atom. The zero-order valence-corrected chi connectivity index (χ0v) is 8.59. The highest BCUT2D eigenvalue weighted by atomic mass is 16.5. The van der Waals surface area contributed by atoms with Crippen LogP contribution in [0.1, 0.15) is 32.6 Å². The molecule has 0 bridgehead atoms. The molecule has 3 heteroatoms. The lowest BCUT2D eigenvalue weighted by Crippen LogP contribution is -2.02. The minimum Gasteiger partial charge on any atom is -0.381 e. The summed E-state index contributed by atoms with van der Waals surface area (Å²) in [5, 5.41) is 9.99. The quantitative estimate of drug-likeness (QED) is 0.493. The van der Waals surface area contributed by atoms with Crippen LogP contribution in [0.25, 0.3) is 0 Å². The number of hydrogen-bond donors (Lipinski definition) is 0. The summed E-state index contributed by atoms with van der Waals surface area (Å²) in [6, 6.07) is 0. The van der Waals surface area contributed by atoms with Gasteiger partial charge in [-0.3, -0.25) is 0 Å². The molecule has 3 nitrogen and oxygen atoms in total. The molecule has 13 heavy (non-hydrogen) atoms. The molecule has 0 spiro atoms. The molecule has 0 aromatic heterocycles. The van der Waals surface area contributed by atoms with Crippen LogP contribution in [-0.2, 0) is 14.6 Å². The fraction of sp³-hybridized carbons (Fsp3) is 1.00. The molecule has 0 unspecified atom stereocenters. The Labute approximate surface area is 81.0 Å². The summed E-state index contributed by atoms with van der Waals surface area (Å²) in [5.41, 5.74) is 0. The maximum Gasteiger partial charge on any atom is 0.106 e. The largest absolute Gasteiger partial charge is 0.381 e. The van der Waals surface area contributed by atoms with E-state index in [0.29, 0.717) is 13.2 Å². The molecule has 0 aromatic carbocycles. The van der Waals surface area contributed by atoms with Crippen molar-refractivity contribution in [2.45, 2.75) is 32.6 Å². The Morgan fingerprint density at radius 1 is 0.846 bits per heavy atom. The average Bonchev–Trinajstić information content (AvgIpc) is 2.16. The minimum absolute atomic E-state index is 0.132. The summed E-state index contributed by atoms with van der Waals surface area (Å²) in [5.74, 6) is 0. The molecule has 0 amide bonds. The summed E-state index contributed by atoms with van der Waals surface area (Å²) in [6.07, 6.45) is 4.36. The highest BCUT2D eigenvalue weighted by molar-refractivity contribution is 4.39. The van der Waals surface area contributed by atoms with Crippen LogP contribution >= 0.6 is 0 Å². The molecule has 0 N–H and O–H groups in total. The number of hydrogen-bond acceptors (Lipinski definition) is 2. The van der Waals surface area contributed by atoms with Crippen LogP contribution in [0.5, 0.6) is 0 Å². The van der Waals surface area contributed by atoms with Gasteiger partial charge in [0.05, 0.1) is 6.61 Å². The smallest absolute Gasteiger partial charge is 0.106 e. The third-order valence-corrected chi connectivity index (χ3v) is 1.70. The fourth-order valence-corrected chi connectivity index (χ4v) is 0.918. The number of rotatable bonds is 10. The molecule has 1 radical (unpaired) electrons. The van der Waals surface area contributed by atoms with Crippen molar-refractivity contribution in [1.82, 2.24) is 0 Å². The van der Waals surface area contributed by atoms with Gasteiger partial charge in [-0.05, 0) is 19.3 Å². The molecule has 0 aliphatic rings. The van der Waals surface area contributed by atoms with Gasteiger partial charge in [0.25, 0.3) is 0 Å². The Morgan fingerprint density at radius 3 is 1.92 bits per heavy atom. The predicted molar refractivity (Wildman–Crippen MR) is 51.3 cm³/mol. The van der Waals surface area contributed by atoms with Crippen molar-refractivity contribution in [2.75, 3.05) is 33.0 Å². The Bertz CT molecular complexity index is 76.2. The first-order valence-electron chi connectivity index (χ1n) is 5.15. The zero-order valence-electron chi connectivity index (χ0n) is 8.59. The van der Waals surface area contributed by atoms with Crippen molar-refractivity contribution in [3.8, 4) is 0 Å². The summed E-state index contributed by atoms with van der Waals surface area (Å²) < 4.78 is 10.4. The van der Waals surface area contributed by atoms with Gasteiger partial charge in [0.1, 0.15) is 6.61 Å². The van der Waals surface area contributed by atoms with E-state index in [0.717, 1.165) is 32.5 Å². The molecule has 0 fully saturated rings. The topological polar surface area (TPSA) is 38.4 Å². The van der Waals surface area contributed by atoms with Crippen LogP contribution < -0.4 is 0 Å². The average molecular weight is 189 g/mol. The maximum absolute atomic E-state index is 9.99. The van der Waals surface area contributed by atoms with E-state index in [1.165, 1.54) is 6.42 Å². The molecule has 0 heterocycles. The standard InChI is InChI=1S/C10H21O3/c1-2-3-7-12-8-4-5-9-13-10-6-11/h2-10H2,1H3. The third-order valence-electron chi connectivity index (χ3n) is 1.70. The maximum atomic E-state index is 9.99. The van der Waals surface area contributed by atoms with Gasteiger partial charge in [-0.15, -0.1) is 0 Å². The van der Waals surface area contributed by atoms with Crippen molar-refractivity contribution >= 4 is 0 Å². The van der Waals surface area contributed by atoms with Crippen molar-refractivity contribution in [2.24, 2.45) is 0 Å². The van der Waals surface area contributed by atoms with Gasteiger partial charge in [0, 0.05) is 19.8 Å². The first kappa shape index (κ1) is 12.9. The number of ether oxygens (including phenoxy) is 2. The van der Waals surface area contributed by atoms with Crippen LogP contribution in [0.3, 0.4) is 0 Å². The summed E-state index contributed by atoms with van der Waals surface area (Å²) in [7, 11) is 0. The van der Waals surface area contributed by atoms with E-state index >= 15 is 0 Å². The van der Waals surface area contributed by atoms with Gasteiger partial charge in [0.15, 0.2) is 0 Å². The molecule has 79 valence electrons. The van der Waals surface area contributed by atoms with E-state index in [1.54, 1.807) is 0 Å². The fourth-order valence-electron chi connectivity index (χ4n) is 0.918. The van der Waals surface area contributed by atoms with Gasteiger partial charge in [-0.1, -0.05) is 13.3 Å². The third kappa shape index (κ3) is 11.9. The Kier molecular flexibility index (Phi) is 11.8. The van der Waals surface area contributed by atoms with Gasteiger partial charge in [0.2, 0.25) is 0 Å². The molecule has 0 aliphatic heterocycles. The zero-order chi connectivity index (χ0) is 9.78. The Hall–Kier alpha value is -0.120. The highest BCUT2D eigenvalue weighted by Gasteiger charge is 1.90. The van der Waals surface area contributed by atoms with Gasteiger partial charge in [-0.2, -0.15) is 0 Å². The second kappa shape index (κ2) is 11.9. The molecule has 0 atom stereocenters. The normalized spacial score (nSPS) is 10.6. The summed E-state index contributed by atoms with van der Waals surface area (Å²) >= 11 is 0. The van der Waals surface area contributed by atoms with E-state index in [4.69, 9.17) is 9.47 Å². The molecular weight excluding hydrogens is 168 g/mol. The second-order valence-electron chi connectivity index (χ2n) is 2.99. The SMILES string of the molecule is CCCCOCCCCOCC[O]. The van der Waals surface area contributed by atoms with E-state index in [2.05, 4.69) is 6.92 Å². The van der Waals surface area contributed by atoms with E-state index in [9.17, 15) is 5.11 Å². The van der Waals surface area contributed by atoms with E-state index in [-0.39, 0.29) is 6.61 Å². The molecule has 0 aromatic rings. The highest BCUT2D eigenvalue weighted by Crippen LogP contribution is 1.93. The minimum atomic E-state index is -0.132. The van der Waals surface area contributed by atoms with E-state index < -0.39 is 0 Å². The van der Waals surface area contributed by atoms with Crippen LogP contribution in [0, 0.1) is 0 Å². The van der Waals surface area contributed by atoms with Crippen LogP contribution in [0.15, 0.2) is 0 Å². The van der Waals surface area contributed by atoms with Crippen molar-refractivity contribution in [3.05, 3.63) is 0 Å². The number of unbranched alkanes of at least 4 members (excludes halogenated alkanes) is 2. The van der Waals surface area contributed by atoms with Crippen molar-refractivity contribution in [1.29, 1.82) is 0 Å². The summed E-state index contributed by atoms with van der Waals surface area (Å²) in [4.78, 5) is 0. The van der Waals surface area contributed by atoms with Gasteiger partial charge in [-0.25, -0.2) is 5.11 Å². The van der Waals surface area contributed by atoms with Crippen LogP contribution in [0.2, 0.25) is 0 Å². The molecular formula is C10H21O3. The van der Waals surface area contributed by atoms with Gasteiger partial charge < -0.3 is 9.47 Å². The monoisotopic (exact) mass is 189 g/mol. The Balaban J connectivity index is 2.76. The van der Waals surface area contributed by atoms with Crippen LogP contribution in [-0.4, -0.2) is 33.0 Å². The second-order valence-corrected chi connectivity index (χ2v) is 2.99. The lowest BCUT2D eigenvalue weighted by molar-refractivity contribution is 0.0567. The molecule has 0 rings (SSSR count). The molecule has 0 saturated heterocycles. The predicted octanol–water partition coefficient (Wildman–Crippen LogP) is 2.03. The molecule has 0 aliphatic carbocycles. The first-order valence-corrected chi connectivity index (χ1v) is 5.15. The lowest BCUT2D eigenvalue weighted by atomic mass is 10.3. The van der Waals surface area contributed by atoms with Crippen molar-refractivity contribution < 1.29 is 14.6 Å². The van der Waals surface area contributed by atoms with Crippen LogP contribution in [0.4, 0.5) is 0 Å². The lowest BCUT2D eigenvalue weighted by Gasteiger charge is -2.03. The summed E-state index contributed by atoms with van der Waals surface area (Å²) in [6.45, 7) is 4.75. The van der Waals surface area contributed by atoms with Gasteiger partial charge >= 0.3 is 0 Å². The van der Waals surface area contributed by atoms with E-state index in [1.807, 2.05) is 0 Å². The van der Waals surface area contributed by atoms with Crippen molar-refractivity contribution in [3.63, 3.8) is 0 Å².